The lowest BCUT2D eigenvalue weighted by atomic mass is 9.74. The zero-order chi connectivity index (χ0) is 14.0. The molecule has 0 unspecified atom stereocenters. The van der Waals surface area contributed by atoms with Gasteiger partial charge in [0.2, 0.25) is 0 Å². The number of nitrogens with one attached hydrogen (secondary N) is 1. The number of anilines is 1. The topological polar surface area (TPSA) is 92.4 Å². The molecule has 0 atom stereocenters. The maximum atomic E-state index is 12.2. The van der Waals surface area contributed by atoms with Crippen LogP contribution in [0.4, 0.5) is 5.69 Å². The Morgan fingerprint density at radius 2 is 2.11 bits per heavy atom. The average Bonchev–Trinajstić information content (AvgIpc) is 2.29. The number of rotatable bonds is 4. The van der Waals surface area contributed by atoms with Crippen molar-refractivity contribution in [2.45, 2.75) is 38.1 Å². The van der Waals surface area contributed by atoms with Crippen molar-refractivity contribution in [2.24, 2.45) is 0 Å². The molecular formula is C14H18N2O3. The number of benzene rings is 1. The molecular weight excluding hydrogens is 244 g/mol. The Balaban J connectivity index is 2.16. The molecule has 5 heteroatoms. The molecule has 5 nitrogen and oxygen atoms in total. The Morgan fingerprint density at radius 1 is 1.42 bits per heavy atom. The molecule has 0 radical (unpaired) electrons. The third-order valence-electron chi connectivity index (χ3n) is 3.80. The van der Waals surface area contributed by atoms with Crippen molar-refractivity contribution in [1.29, 1.82) is 0 Å². The smallest absolute Gasteiger partial charge is 0.305 e. The van der Waals surface area contributed by atoms with Crippen LogP contribution < -0.4 is 11.1 Å². The number of carbonyl (C=O) groups is 2. The third kappa shape index (κ3) is 2.70. The first-order valence-electron chi connectivity index (χ1n) is 6.33. The number of carboxylic acids is 1. The summed E-state index contributed by atoms with van der Waals surface area (Å²) in [5.74, 6) is -1.13. The summed E-state index contributed by atoms with van der Waals surface area (Å²) >= 11 is 0. The molecule has 0 aromatic heterocycles. The Morgan fingerprint density at radius 3 is 2.63 bits per heavy atom. The van der Waals surface area contributed by atoms with E-state index in [4.69, 9.17) is 10.8 Å². The number of nitrogen functional groups attached to an aromatic ring is 1. The molecule has 1 aliphatic rings. The Kier molecular flexibility index (Phi) is 3.46. The Labute approximate surface area is 111 Å². The number of nitrogens with two attached hydrogens (primary N) is 1. The molecule has 2 rings (SSSR count). The highest BCUT2D eigenvalue weighted by atomic mass is 16.4. The van der Waals surface area contributed by atoms with Gasteiger partial charge in [-0.15, -0.1) is 0 Å². The van der Waals surface area contributed by atoms with Crippen molar-refractivity contribution in [2.75, 3.05) is 5.73 Å². The Hall–Kier alpha value is -2.04. The summed E-state index contributed by atoms with van der Waals surface area (Å²) in [6, 6.07) is 5.17. The summed E-state index contributed by atoms with van der Waals surface area (Å²) in [5, 5.41) is 11.8. The van der Waals surface area contributed by atoms with E-state index < -0.39 is 11.5 Å². The van der Waals surface area contributed by atoms with Crippen LogP contribution in [0.3, 0.4) is 0 Å². The van der Waals surface area contributed by atoms with Gasteiger partial charge in [-0.05, 0) is 43.9 Å². The zero-order valence-electron chi connectivity index (χ0n) is 10.9. The van der Waals surface area contributed by atoms with Gasteiger partial charge >= 0.3 is 5.97 Å². The van der Waals surface area contributed by atoms with E-state index in [0.29, 0.717) is 24.1 Å². The van der Waals surface area contributed by atoms with Crippen LogP contribution >= 0.6 is 0 Å². The van der Waals surface area contributed by atoms with E-state index in [9.17, 15) is 9.59 Å². The molecule has 1 fully saturated rings. The molecule has 1 aliphatic carbocycles. The summed E-state index contributed by atoms with van der Waals surface area (Å²) in [6.45, 7) is 1.79. The van der Waals surface area contributed by atoms with Gasteiger partial charge < -0.3 is 16.2 Å². The summed E-state index contributed by atoms with van der Waals surface area (Å²) < 4.78 is 0. The fourth-order valence-electron chi connectivity index (χ4n) is 2.45. The van der Waals surface area contributed by atoms with Crippen molar-refractivity contribution in [1.82, 2.24) is 5.32 Å². The first-order valence-corrected chi connectivity index (χ1v) is 6.33. The molecule has 0 spiro atoms. The molecule has 0 saturated heterocycles. The Bertz CT molecular complexity index is 521. The average molecular weight is 262 g/mol. The predicted octanol–water partition coefficient (Wildman–Crippen LogP) is 1.70. The van der Waals surface area contributed by atoms with Gasteiger partial charge in [-0.2, -0.15) is 0 Å². The minimum absolute atomic E-state index is 0.0277. The first kappa shape index (κ1) is 13.4. The van der Waals surface area contributed by atoms with Crippen molar-refractivity contribution >= 4 is 17.6 Å². The van der Waals surface area contributed by atoms with E-state index in [1.165, 1.54) is 0 Å². The first-order chi connectivity index (χ1) is 8.93. The van der Waals surface area contributed by atoms with Gasteiger partial charge in [0.05, 0.1) is 12.0 Å². The second kappa shape index (κ2) is 4.91. The van der Waals surface area contributed by atoms with E-state index in [2.05, 4.69) is 5.32 Å². The molecule has 0 bridgehead atoms. The molecule has 19 heavy (non-hydrogen) atoms. The van der Waals surface area contributed by atoms with Crippen LogP contribution in [-0.2, 0) is 4.79 Å². The maximum absolute atomic E-state index is 12.2. The van der Waals surface area contributed by atoms with Gasteiger partial charge in [0.1, 0.15) is 0 Å². The highest BCUT2D eigenvalue weighted by Gasteiger charge is 2.40. The zero-order valence-corrected chi connectivity index (χ0v) is 10.9. The monoisotopic (exact) mass is 262 g/mol. The quantitative estimate of drug-likeness (QED) is 0.720. The van der Waals surface area contributed by atoms with E-state index in [-0.39, 0.29) is 12.3 Å². The maximum Gasteiger partial charge on any atom is 0.305 e. The minimum atomic E-state index is -0.885. The predicted molar refractivity (Wildman–Crippen MR) is 71.9 cm³/mol. The largest absolute Gasteiger partial charge is 0.481 e. The number of hydrogen-bond acceptors (Lipinski definition) is 3. The summed E-state index contributed by atoms with van der Waals surface area (Å²) in [6.07, 6.45) is 2.35. The summed E-state index contributed by atoms with van der Waals surface area (Å²) in [5.41, 5.74) is 6.99. The molecule has 4 N–H and O–H groups in total. The molecule has 1 amide bonds. The molecule has 0 aliphatic heterocycles. The number of hydrogen-bond donors (Lipinski definition) is 3. The van der Waals surface area contributed by atoms with E-state index in [0.717, 1.165) is 12.0 Å². The summed E-state index contributed by atoms with van der Waals surface area (Å²) in [7, 11) is 0. The SMILES string of the molecule is Cc1c(N)cccc1C(=O)NC1(CC(=O)O)CCC1. The van der Waals surface area contributed by atoms with Gasteiger partial charge in [0.25, 0.3) is 5.91 Å². The number of amides is 1. The summed E-state index contributed by atoms with van der Waals surface area (Å²) in [4.78, 5) is 23.1. The van der Waals surface area contributed by atoms with Crippen molar-refractivity contribution in [3.63, 3.8) is 0 Å². The van der Waals surface area contributed by atoms with E-state index >= 15 is 0 Å². The minimum Gasteiger partial charge on any atom is -0.481 e. The van der Waals surface area contributed by atoms with Crippen molar-refractivity contribution in [3.8, 4) is 0 Å². The second-order valence-corrected chi connectivity index (χ2v) is 5.18. The highest BCUT2D eigenvalue weighted by molar-refractivity contribution is 5.97. The number of aliphatic carboxylic acids is 1. The molecule has 1 aromatic rings. The van der Waals surface area contributed by atoms with Crippen LogP contribution in [-0.4, -0.2) is 22.5 Å². The molecule has 0 heterocycles. The number of carboxylic acid groups (broad SMARTS) is 1. The lowest BCUT2D eigenvalue weighted by Crippen LogP contribution is -2.54. The number of carbonyl (C=O) groups excluding carboxylic acids is 1. The van der Waals surface area contributed by atoms with Gasteiger partial charge in [-0.1, -0.05) is 6.07 Å². The van der Waals surface area contributed by atoms with E-state index in [1.807, 2.05) is 0 Å². The molecule has 102 valence electrons. The van der Waals surface area contributed by atoms with Crippen molar-refractivity contribution in [3.05, 3.63) is 29.3 Å². The van der Waals surface area contributed by atoms with Crippen LogP contribution in [0.1, 0.15) is 41.6 Å². The lowest BCUT2D eigenvalue weighted by Gasteiger charge is -2.41. The van der Waals surface area contributed by atoms with Gasteiger partial charge in [0.15, 0.2) is 0 Å². The third-order valence-corrected chi connectivity index (χ3v) is 3.80. The normalized spacial score (nSPS) is 16.5. The standard InChI is InChI=1S/C14H18N2O3/c1-9-10(4-2-5-11(9)15)13(19)16-14(6-3-7-14)8-12(17)18/h2,4-5H,3,6-8,15H2,1H3,(H,16,19)(H,17,18). The second-order valence-electron chi connectivity index (χ2n) is 5.18. The van der Waals surface area contributed by atoms with Gasteiger partial charge in [-0.3, -0.25) is 9.59 Å². The molecule has 1 aromatic carbocycles. The van der Waals surface area contributed by atoms with Gasteiger partial charge in [0, 0.05) is 11.3 Å². The van der Waals surface area contributed by atoms with Gasteiger partial charge in [-0.25, -0.2) is 0 Å². The van der Waals surface area contributed by atoms with Crippen LogP contribution in [0.15, 0.2) is 18.2 Å². The van der Waals surface area contributed by atoms with Crippen LogP contribution in [0.5, 0.6) is 0 Å². The van der Waals surface area contributed by atoms with Crippen LogP contribution in [0.25, 0.3) is 0 Å². The van der Waals surface area contributed by atoms with Crippen molar-refractivity contribution < 1.29 is 14.7 Å². The highest BCUT2D eigenvalue weighted by Crippen LogP contribution is 2.35. The lowest BCUT2D eigenvalue weighted by molar-refractivity contribution is -0.139. The van der Waals surface area contributed by atoms with Crippen LogP contribution in [0.2, 0.25) is 0 Å². The van der Waals surface area contributed by atoms with Crippen LogP contribution in [0, 0.1) is 6.92 Å². The van der Waals surface area contributed by atoms with E-state index in [1.54, 1.807) is 25.1 Å². The molecule has 1 saturated carbocycles. The fourth-order valence-corrected chi connectivity index (χ4v) is 2.45. The fraction of sp³-hybridized carbons (Fsp3) is 0.429.